The largest absolute Gasteiger partial charge is 0.497 e. The third-order valence-electron chi connectivity index (χ3n) is 4.47. The Bertz CT molecular complexity index is 1150. The van der Waals surface area contributed by atoms with E-state index in [1.807, 2.05) is 0 Å². The van der Waals surface area contributed by atoms with Gasteiger partial charge in [-0.3, -0.25) is 9.59 Å². The van der Waals surface area contributed by atoms with Crippen LogP contribution in [0.4, 0.5) is 0 Å². The van der Waals surface area contributed by atoms with Gasteiger partial charge in [-0.1, -0.05) is 53.5 Å². The van der Waals surface area contributed by atoms with Crippen molar-refractivity contribution >= 4 is 41.2 Å². The molecule has 0 aliphatic carbocycles. The fourth-order valence-corrected chi connectivity index (χ4v) is 3.17. The number of methoxy groups -OCH3 is 1. The Hall–Kier alpha value is -3.55. The number of hydrogen-bond acceptors (Lipinski definition) is 5. The van der Waals surface area contributed by atoms with Crippen molar-refractivity contribution in [1.82, 2.24) is 10.7 Å². The average molecular weight is 486 g/mol. The molecule has 2 amide bonds. The quantitative estimate of drug-likeness (QED) is 0.282. The summed E-state index contributed by atoms with van der Waals surface area (Å²) in [5, 5.41) is 7.44. The fourth-order valence-electron chi connectivity index (χ4n) is 2.71. The second-order valence-corrected chi connectivity index (χ2v) is 7.67. The summed E-state index contributed by atoms with van der Waals surface area (Å²) >= 11 is 12.1. The standard InChI is InChI=1S/C24H21Cl2N3O4/c1-32-20-9-5-16(6-10-20)13-27-23(30)24(31)29-28-14-17-3-2-4-21(11-17)33-15-18-7-8-19(25)12-22(18)26/h2-12,14H,13,15H2,1H3,(H,27,30)(H,29,31)/b28-14-. The highest BCUT2D eigenvalue weighted by Crippen LogP contribution is 2.23. The number of benzene rings is 3. The van der Waals surface area contributed by atoms with Gasteiger partial charge in [0.25, 0.3) is 0 Å². The molecule has 0 bridgehead atoms. The summed E-state index contributed by atoms with van der Waals surface area (Å²) < 4.78 is 10.8. The molecule has 0 aliphatic heterocycles. The third-order valence-corrected chi connectivity index (χ3v) is 5.05. The van der Waals surface area contributed by atoms with Gasteiger partial charge in [-0.05, 0) is 47.5 Å². The fraction of sp³-hybridized carbons (Fsp3) is 0.125. The van der Waals surface area contributed by atoms with Gasteiger partial charge in [0, 0.05) is 22.2 Å². The third kappa shape index (κ3) is 7.52. The average Bonchev–Trinajstić information content (AvgIpc) is 2.82. The van der Waals surface area contributed by atoms with Gasteiger partial charge in [-0.25, -0.2) is 5.43 Å². The van der Waals surface area contributed by atoms with Crippen molar-refractivity contribution in [3.8, 4) is 11.5 Å². The Morgan fingerprint density at radius 3 is 2.48 bits per heavy atom. The minimum absolute atomic E-state index is 0.205. The van der Waals surface area contributed by atoms with Gasteiger partial charge in [-0.2, -0.15) is 5.10 Å². The number of carbonyl (C=O) groups is 2. The minimum Gasteiger partial charge on any atom is -0.497 e. The lowest BCUT2D eigenvalue weighted by Gasteiger charge is -2.08. The van der Waals surface area contributed by atoms with E-state index < -0.39 is 11.8 Å². The van der Waals surface area contributed by atoms with Gasteiger partial charge in [0.15, 0.2) is 0 Å². The molecule has 3 rings (SSSR count). The zero-order valence-electron chi connectivity index (χ0n) is 17.7. The molecule has 3 aromatic carbocycles. The lowest BCUT2D eigenvalue weighted by Crippen LogP contribution is -2.37. The molecule has 0 unspecified atom stereocenters. The number of rotatable bonds is 8. The minimum atomic E-state index is -0.871. The molecule has 0 aromatic heterocycles. The first-order valence-corrected chi connectivity index (χ1v) is 10.6. The monoisotopic (exact) mass is 485 g/mol. The summed E-state index contributed by atoms with van der Waals surface area (Å²) in [7, 11) is 1.57. The van der Waals surface area contributed by atoms with Crippen molar-refractivity contribution in [3.63, 3.8) is 0 Å². The molecule has 3 aromatic rings. The molecule has 0 saturated heterocycles. The van der Waals surface area contributed by atoms with Crippen LogP contribution in [0.5, 0.6) is 11.5 Å². The number of amides is 2. The van der Waals surface area contributed by atoms with Crippen LogP contribution in [-0.4, -0.2) is 25.1 Å². The Labute approximate surface area is 201 Å². The first kappa shape index (κ1) is 24.1. The van der Waals surface area contributed by atoms with Crippen molar-refractivity contribution in [1.29, 1.82) is 0 Å². The van der Waals surface area contributed by atoms with E-state index in [0.29, 0.717) is 27.1 Å². The number of halogens is 2. The lowest BCUT2D eigenvalue weighted by atomic mass is 10.2. The molecule has 33 heavy (non-hydrogen) atoms. The molecule has 0 aliphatic rings. The van der Waals surface area contributed by atoms with Crippen molar-refractivity contribution in [2.45, 2.75) is 13.2 Å². The molecule has 0 saturated carbocycles. The predicted octanol–water partition coefficient (Wildman–Crippen LogP) is 4.35. The number of ether oxygens (including phenoxy) is 2. The van der Waals surface area contributed by atoms with E-state index in [9.17, 15) is 9.59 Å². The molecule has 0 fully saturated rings. The highest BCUT2D eigenvalue weighted by molar-refractivity contribution is 6.35. The molecule has 7 nitrogen and oxygen atoms in total. The van der Waals surface area contributed by atoms with E-state index >= 15 is 0 Å². The number of hydrazone groups is 1. The Balaban J connectivity index is 1.47. The molecule has 9 heteroatoms. The topological polar surface area (TPSA) is 89.0 Å². The van der Waals surface area contributed by atoms with Crippen LogP contribution >= 0.6 is 23.2 Å². The number of nitrogens with one attached hydrogen (secondary N) is 2. The van der Waals surface area contributed by atoms with Crippen LogP contribution in [0, 0.1) is 0 Å². The van der Waals surface area contributed by atoms with E-state index in [1.165, 1.54) is 6.21 Å². The normalized spacial score (nSPS) is 10.6. The Kier molecular flexibility index (Phi) is 8.69. The maximum atomic E-state index is 11.9. The van der Waals surface area contributed by atoms with E-state index in [4.69, 9.17) is 32.7 Å². The lowest BCUT2D eigenvalue weighted by molar-refractivity contribution is -0.139. The van der Waals surface area contributed by atoms with Gasteiger partial charge in [0.05, 0.1) is 13.3 Å². The van der Waals surface area contributed by atoms with Gasteiger partial charge < -0.3 is 14.8 Å². The van der Waals surface area contributed by atoms with Gasteiger partial charge in [0.2, 0.25) is 0 Å². The van der Waals surface area contributed by atoms with Crippen LogP contribution in [0.3, 0.4) is 0 Å². The molecule has 0 radical (unpaired) electrons. The molecule has 2 N–H and O–H groups in total. The first-order chi connectivity index (χ1) is 15.9. The van der Waals surface area contributed by atoms with Gasteiger partial charge >= 0.3 is 11.8 Å². The zero-order chi connectivity index (χ0) is 23.6. The Morgan fingerprint density at radius 1 is 0.970 bits per heavy atom. The summed E-state index contributed by atoms with van der Waals surface area (Å²) in [6, 6.07) is 19.4. The first-order valence-electron chi connectivity index (χ1n) is 9.85. The van der Waals surface area contributed by atoms with Crippen LogP contribution < -0.4 is 20.2 Å². The van der Waals surface area contributed by atoms with Crippen LogP contribution in [0.2, 0.25) is 10.0 Å². The molecule has 170 valence electrons. The highest BCUT2D eigenvalue weighted by atomic mass is 35.5. The molecule has 0 atom stereocenters. The summed E-state index contributed by atoms with van der Waals surface area (Å²) in [6.07, 6.45) is 1.41. The number of hydrogen-bond donors (Lipinski definition) is 2. The molecular weight excluding hydrogens is 465 g/mol. The number of carbonyl (C=O) groups excluding carboxylic acids is 2. The van der Waals surface area contributed by atoms with Crippen LogP contribution in [0.15, 0.2) is 71.8 Å². The Morgan fingerprint density at radius 2 is 1.76 bits per heavy atom. The number of nitrogens with zero attached hydrogens (tertiary/aromatic N) is 1. The van der Waals surface area contributed by atoms with Crippen molar-refractivity contribution in [3.05, 3.63) is 93.5 Å². The van der Waals surface area contributed by atoms with Crippen molar-refractivity contribution in [2.75, 3.05) is 7.11 Å². The summed E-state index contributed by atoms with van der Waals surface area (Å²) in [5.41, 5.74) is 4.51. The van der Waals surface area contributed by atoms with E-state index in [0.717, 1.165) is 11.1 Å². The van der Waals surface area contributed by atoms with E-state index in [-0.39, 0.29) is 13.2 Å². The van der Waals surface area contributed by atoms with E-state index in [2.05, 4.69) is 15.8 Å². The molecular formula is C24H21Cl2N3O4. The summed E-state index contributed by atoms with van der Waals surface area (Å²) in [6.45, 7) is 0.471. The van der Waals surface area contributed by atoms with Crippen LogP contribution in [0.1, 0.15) is 16.7 Å². The van der Waals surface area contributed by atoms with Crippen molar-refractivity contribution in [2.24, 2.45) is 5.10 Å². The highest BCUT2D eigenvalue weighted by Gasteiger charge is 2.12. The SMILES string of the molecule is COc1ccc(CNC(=O)C(=O)N/N=C\c2cccc(OCc3ccc(Cl)cc3Cl)c2)cc1. The van der Waals surface area contributed by atoms with Crippen molar-refractivity contribution < 1.29 is 19.1 Å². The second kappa shape index (κ2) is 11.9. The van der Waals surface area contributed by atoms with Gasteiger partial charge in [0.1, 0.15) is 18.1 Å². The summed E-state index contributed by atoms with van der Waals surface area (Å²) in [4.78, 5) is 23.9. The maximum Gasteiger partial charge on any atom is 0.329 e. The van der Waals surface area contributed by atoms with Crippen LogP contribution in [-0.2, 0) is 22.7 Å². The van der Waals surface area contributed by atoms with Gasteiger partial charge in [-0.15, -0.1) is 0 Å². The molecule has 0 heterocycles. The molecule has 0 spiro atoms. The van der Waals surface area contributed by atoms with E-state index in [1.54, 1.807) is 73.8 Å². The zero-order valence-corrected chi connectivity index (χ0v) is 19.2. The predicted molar refractivity (Wildman–Crippen MR) is 128 cm³/mol. The second-order valence-electron chi connectivity index (χ2n) is 6.83. The maximum absolute atomic E-state index is 11.9. The van der Waals surface area contributed by atoms with Crippen LogP contribution in [0.25, 0.3) is 0 Å². The summed E-state index contributed by atoms with van der Waals surface area (Å²) in [5.74, 6) is -0.363. The smallest absolute Gasteiger partial charge is 0.329 e.